The summed E-state index contributed by atoms with van der Waals surface area (Å²) in [5, 5.41) is 14.2. The number of benzene rings is 1. The number of anilines is 1. The Labute approximate surface area is 134 Å². The molecule has 1 aliphatic heterocycles. The van der Waals surface area contributed by atoms with Gasteiger partial charge in [0.2, 0.25) is 5.91 Å². The molecule has 1 atom stereocenters. The number of hydrogen-bond acceptors (Lipinski definition) is 6. The average molecular weight is 332 g/mol. The van der Waals surface area contributed by atoms with Gasteiger partial charge < -0.3 is 10.3 Å². The van der Waals surface area contributed by atoms with Crippen LogP contribution in [0.5, 0.6) is 0 Å². The molecule has 0 spiro atoms. The Morgan fingerprint density at radius 2 is 2.09 bits per heavy atom. The Bertz CT molecular complexity index is 864. The first-order valence-electron chi connectivity index (χ1n) is 6.72. The third-order valence-electron chi connectivity index (χ3n) is 3.63. The van der Waals surface area contributed by atoms with Gasteiger partial charge in [-0.3, -0.25) is 19.7 Å². The van der Waals surface area contributed by atoms with Crippen LogP contribution in [0.4, 0.5) is 11.5 Å². The van der Waals surface area contributed by atoms with E-state index < -0.39 is 16.4 Å². The predicted octanol–water partition coefficient (Wildman–Crippen LogP) is 1.87. The van der Waals surface area contributed by atoms with E-state index in [-0.39, 0.29) is 29.4 Å². The number of thioether (sulfide) groups is 1. The smallest absolute Gasteiger partial charge is 0.273 e. The Hall–Kier alpha value is -2.68. The first-order chi connectivity index (χ1) is 11.0. The molecule has 0 fully saturated rings. The normalized spacial score (nSPS) is 16.6. The number of amides is 1. The van der Waals surface area contributed by atoms with Gasteiger partial charge >= 0.3 is 0 Å². The molecule has 2 heterocycles. The van der Waals surface area contributed by atoms with Crippen LogP contribution in [0, 0.1) is 10.1 Å². The Morgan fingerprint density at radius 1 is 1.35 bits per heavy atom. The average Bonchev–Trinajstić information content (AvgIpc) is 2.53. The molecule has 0 unspecified atom stereocenters. The number of carbonyl (C=O) groups is 1. The van der Waals surface area contributed by atoms with Crippen molar-refractivity contribution in [3.63, 3.8) is 0 Å². The summed E-state index contributed by atoms with van der Waals surface area (Å²) in [6.45, 7) is 0. The van der Waals surface area contributed by atoms with E-state index in [1.165, 1.54) is 17.8 Å². The van der Waals surface area contributed by atoms with Crippen LogP contribution in [0.1, 0.15) is 23.5 Å². The van der Waals surface area contributed by atoms with Gasteiger partial charge in [-0.25, -0.2) is 4.98 Å². The molecule has 2 N–H and O–H groups in total. The minimum absolute atomic E-state index is 0.0404. The van der Waals surface area contributed by atoms with Crippen LogP contribution in [0.25, 0.3) is 0 Å². The molecule has 1 aromatic carbocycles. The molecule has 1 amide bonds. The van der Waals surface area contributed by atoms with Crippen molar-refractivity contribution in [1.82, 2.24) is 9.97 Å². The van der Waals surface area contributed by atoms with E-state index in [1.807, 2.05) is 0 Å². The van der Waals surface area contributed by atoms with E-state index in [0.29, 0.717) is 10.7 Å². The van der Waals surface area contributed by atoms with Gasteiger partial charge in [0.1, 0.15) is 5.82 Å². The van der Waals surface area contributed by atoms with Crippen molar-refractivity contribution < 1.29 is 9.72 Å². The molecular formula is C14H12N4O4S. The topological polar surface area (TPSA) is 118 Å². The number of fused-ring (bicyclic) bond motifs is 1. The van der Waals surface area contributed by atoms with E-state index >= 15 is 0 Å². The van der Waals surface area contributed by atoms with Gasteiger partial charge in [0.15, 0.2) is 5.16 Å². The lowest BCUT2D eigenvalue weighted by Gasteiger charge is -2.24. The molecule has 0 aliphatic carbocycles. The third-order valence-corrected chi connectivity index (χ3v) is 4.21. The lowest BCUT2D eigenvalue weighted by Crippen LogP contribution is -2.31. The zero-order chi connectivity index (χ0) is 16.6. The molecule has 3 rings (SSSR count). The Kier molecular flexibility index (Phi) is 3.87. The molecule has 0 bridgehead atoms. The van der Waals surface area contributed by atoms with Crippen LogP contribution in [0.15, 0.2) is 34.2 Å². The van der Waals surface area contributed by atoms with Gasteiger partial charge in [0.25, 0.3) is 11.2 Å². The number of aromatic nitrogens is 2. The molecule has 8 nitrogen and oxygen atoms in total. The summed E-state index contributed by atoms with van der Waals surface area (Å²) < 4.78 is 0. The molecule has 0 radical (unpaired) electrons. The van der Waals surface area contributed by atoms with Crippen molar-refractivity contribution in [2.75, 3.05) is 11.6 Å². The molecular weight excluding hydrogens is 320 g/mol. The van der Waals surface area contributed by atoms with Crippen molar-refractivity contribution in [3.05, 3.63) is 55.9 Å². The molecule has 1 aliphatic rings. The van der Waals surface area contributed by atoms with Gasteiger partial charge in [0, 0.05) is 24.0 Å². The number of nitro groups is 1. The van der Waals surface area contributed by atoms with E-state index in [4.69, 9.17) is 0 Å². The minimum Gasteiger partial charge on any atom is -0.310 e. The van der Waals surface area contributed by atoms with Crippen LogP contribution in [-0.2, 0) is 4.79 Å². The second-order valence-corrected chi connectivity index (χ2v) is 5.75. The zero-order valence-corrected chi connectivity index (χ0v) is 12.8. The van der Waals surface area contributed by atoms with Crippen molar-refractivity contribution in [2.45, 2.75) is 17.5 Å². The maximum atomic E-state index is 12.4. The largest absolute Gasteiger partial charge is 0.310 e. The monoisotopic (exact) mass is 332 g/mol. The van der Waals surface area contributed by atoms with Gasteiger partial charge in [-0.1, -0.05) is 30.0 Å². The van der Waals surface area contributed by atoms with Crippen LogP contribution < -0.4 is 10.9 Å². The molecule has 23 heavy (non-hydrogen) atoms. The number of para-hydroxylation sites is 1. The SMILES string of the molecule is CSc1nc2c(c(=O)[nH]1)[C@@H](c1ccccc1[N+](=O)[O-])CC(=O)N2. The molecule has 118 valence electrons. The van der Waals surface area contributed by atoms with Gasteiger partial charge in [-0.2, -0.15) is 0 Å². The first-order valence-corrected chi connectivity index (χ1v) is 7.95. The molecule has 0 saturated carbocycles. The van der Waals surface area contributed by atoms with Crippen molar-refractivity contribution in [2.24, 2.45) is 0 Å². The number of nitrogens with one attached hydrogen (secondary N) is 2. The van der Waals surface area contributed by atoms with E-state index in [1.54, 1.807) is 24.5 Å². The molecule has 9 heteroatoms. The first kappa shape index (κ1) is 15.2. The van der Waals surface area contributed by atoms with Crippen molar-refractivity contribution in [1.29, 1.82) is 0 Å². The highest BCUT2D eigenvalue weighted by Crippen LogP contribution is 2.38. The van der Waals surface area contributed by atoms with E-state index in [2.05, 4.69) is 15.3 Å². The number of nitro benzene ring substituents is 1. The minimum atomic E-state index is -0.701. The van der Waals surface area contributed by atoms with Crippen molar-refractivity contribution >= 4 is 29.2 Å². The molecule has 1 aromatic heterocycles. The third kappa shape index (κ3) is 2.70. The van der Waals surface area contributed by atoms with Gasteiger partial charge in [0.05, 0.1) is 10.5 Å². The summed E-state index contributed by atoms with van der Waals surface area (Å²) in [5.74, 6) is -0.865. The summed E-state index contributed by atoms with van der Waals surface area (Å²) >= 11 is 1.24. The molecule has 2 aromatic rings. The summed E-state index contributed by atoms with van der Waals surface area (Å²) in [4.78, 5) is 41.9. The maximum absolute atomic E-state index is 12.4. The lowest BCUT2D eigenvalue weighted by molar-refractivity contribution is -0.385. The summed E-state index contributed by atoms with van der Waals surface area (Å²) in [6.07, 6.45) is 1.70. The Balaban J connectivity index is 2.23. The highest BCUT2D eigenvalue weighted by molar-refractivity contribution is 7.98. The summed E-state index contributed by atoms with van der Waals surface area (Å²) in [7, 11) is 0. The maximum Gasteiger partial charge on any atom is 0.273 e. The van der Waals surface area contributed by atoms with Gasteiger partial charge in [-0.15, -0.1) is 0 Å². The summed E-state index contributed by atoms with van der Waals surface area (Å²) in [5.41, 5.74) is 0.0588. The number of hydrogen-bond donors (Lipinski definition) is 2. The standard InChI is InChI=1S/C14H12N4O4S/c1-23-14-16-12-11(13(20)17-14)8(6-10(19)15-12)7-4-2-3-5-9(7)18(21)22/h2-5,8H,6H2,1H3,(H2,15,16,17,19,20)/t8-/m1/s1. The quantitative estimate of drug-likeness (QED) is 0.383. The van der Waals surface area contributed by atoms with Crippen LogP contribution in [0.2, 0.25) is 0 Å². The number of H-pyrrole nitrogens is 1. The number of aromatic amines is 1. The zero-order valence-electron chi connectivity index (χ0n) is 12.0. The fourth-order valence-corrected chi connectivity index (χ4v) is 3.04. The predicted molar refractivity (Wildman–Crippen MR) is 84.8 cm³/mol. The second kappa shape index (κ2) is 5.84. The van der Waals surface area contributed by atoms with Crippen LogP contribution in [0.3, 0.4) is 0 Å². The second-order valence-electron chi connectivity index (χ2n) is 4.96. The number of nitrogens with zero attached hydrogens (tertiary/aromatic N) is 2. The number of rotatable bonds is 3. The van der Waals surface area contributed by atoms with Gasteiger partial charge in [-0.05, 0) is 6.26 Å². The Morgan fingerprint density at radius 3 is 2.78 bits per heavy atom. The fourth-order valence-electron chi connectivity index (χ4n) is 2.66. The number of carbonyl (C=O) groups excluding carboxylic acids is 1. The highest BCUT2D eigenvalue weighted by Gasteiger charge is 2.34. The summed E-state index contributed by atoms with van der Waals surface area (Å²) in [6, 6.07) is 6.11. The van der Waals surface area contributed by atoms with E-state index in [0.717, 1.165) is 0 Å². The fraction of sp³-hybridized carbons (Fsp3) is 0.214. The molecule has 0 saturated heterocycles. The van der Waals surface area contributed by atoms with E-state index in [9.17, 15) is 19.7 Å². The van der Waals surface area contributed by atoms with Crippen molar-refractivity contribution in [3.8, 4) is 0 Å². The van der Waals surface area contributed by atoms with Crippen LogP contribution in [-0.4, -0.2) is 27.1 Å². The van der Waals surface area contributed by atoms with Crippen LogP contribution >= 0.6 is 11.8 Å². The lowest BCUT2D eigenvalue weighted by atomic mass is 9.86. The highest BCUT2D eigenvalue weighted by atomic mass is 32.2.